The summed E-state index contributed by atoms with van der Waals surface area (Å²) < 4.78 is 0. The molecule has 80 valence electrons. The van der Waals surface area contributed by atoms with Gasteiger partial charge in [-0.2, -0.15) is 5.10 Å². The summed E-state index contributed by atoms with van der Waals surface area (Å²) in [6, 6.07) is 7.08. The number of hydrogen-bond acceptors (Lipinski definition) is 2. The van der Waals surface area contributed by atoms with E-state index in [0.29, 0.717) is 15.9 Å². The van der Waals surface area contributed by atoms with Crippen molar-refractivity contribution in [3.63, 3.8) is 0 Å². The second kappa shape index (κ2) is 4.75. The van der Waals surface area contributed by atoms with Crippen LogP contribution in [-0.4, -0.2) is 10.2 Å². The molecule has 0 saturated heterocycles. The fourth-order valence-electron chi connectivity index (χ4n) is 1.15. The van der Waals surface area contributed by atoms with Crippen LogP contribution in [0.1, 0.15) is 0 Å². The van der Waals surface area contributed by atoms with Gasteiger partial charge in [-0.05, 0) is 12.1 Å². The predicted molar refractivity (Wildman–Crippen MR) is 65.7 cm³/mol. The van der Waals surface area contributed by atoms with E-state index < -0.39 is 0 Å². The summed E-state index contributed by atoms with van der Waals surface area (Å²) in [5.74, 6) is 0.450. The molecule has 0 aliphatic carbocycles. The molecule has 0 radical (unpaired) electrons. The maximum atomic E-state index is 5.87. The molecule has 0 atom stereocenters. The Balaban J connectivity index is 0.00000112. The number of nitrogens with one attached hydrogen (secondary N) is 1. The minimum Gasteiger partial charge on any atom is -0.382 e. The summed E-state index contributed by atoms with van der Waals surface area (Å²) in [6.07, 6.45) is 0. The van der Waals surface area contributed by atoms with Gasteiger partial charge in [-0.1, -0.05) is 29.3 Å². The van der Waals surface area contributed by atoms with Crippen molar-refractivity contribution in [1.82, 2.24) is 10.2 Å². The highest BCUT2D eigenvalue weighted by Crippen LogP contribution is 2.27. The van der Waals surface area contributed by atoms with E-state index in [1.54, 1.807) is 18.2 Å². The average Bonchev–Trinajstić information content (AvgIpc) is 2.57. The number of hydrogen-bond donors (Lipinski definition) is 2. The first-order valence-electron chi connectivity index (χ1n) is 3.93. The molecule has 3 N–H and O–H groups in total. The van der Waals surface area contributed by atoms with Crippen molar-refractivity contribution in [3.05, 3.63) is 34.3 Å². The van der Waals surface area contributed by atoms with Gasteiger partial charge in [0.25, 0.3) is 0 Å². The Morgan fingerprint density at radius 2 is 1.87 bits per heavy atom. The molecule has 0 aliphatic rings. The van der Waals surface area contributed by atoms with Crippen LogP contribution in [0.25, 0.3) is 11.3 Å². The van der Waals surface area contributed by atoms with Gasteiger partial charge in [0.15, 0.2) is 0 Å². The van der Waals surface area contributed by atoms with E-state index >= 15 is 0 Å². The Hall–Kier alpha value is -0.900. The monoisotopic (exact) mass is 263 g/mol. The molecule has 0 saturated carbocycles. The topological polar surface area (TPSA) is 54.7 Å². The van der Waals surface area contributed by atoms with Crippen LogP contribution in [-0.2, 0) is 0 Å². The normalized spacial score (nSPS) is 9.73. The highest BCUT2D eigenvalue weighted by atomic mass is 35.5. The molecule has 1 aromatic carbocycles. The van der Waals surface area contributed by atoms with Gasteiger partial charge in [-0.25, -0.2) is 0 Å². The van der Waals surface area contributed by atoms with Gasteiger partial charge in [-0.15, -0.1) is 12.4 Å². The van der Waals surface area contributed by atoms with E-state index in [0.717, 1.165) is 11.3 Å². The zero-order valence-corrected chi connectivity index (χ0v) is 9.83. The second-order valence-corrected chi connectivity index (χ2v) is 3.65. The number of benzene rings is 1. The maximum absolute atomic E-state index is 5.87. The van der Waals surface area contributed by atoms with Gasteiger partial charge in [0.2, 0.25) is 0 Å². The Labute approximate surface area is 103 Å². The van der Waals surface area contributed by atoms with E-state index in [9.17, 15) is 0 Å². The molecule has 0 spiro atoms. The van der Waals surface area contributed by atoms with E-state index in [1.807, 2.05) is 6.07 Å². The smallest absolute Gasteiger partial charge is 0.145 e. The first kappa shape index (κ1) is 12.2. The number of aromatic nitrogens is 2. The number of halogens is 3. The van der Waals surface area contributed by atoms with Crippen LogP contribution in [0.5, 0.6) is 0 Å². The summed E-state index contributed by atoms with van der Waals surface area (Å²) in [5.41, 5.74) is 7.21. The van der Waals surface area contributed by atoms with E-state index in [2.05, 4.69) is 10.2 Å². The zero-order valence-electron chi connectivity index (χ0n) is 7.50. The number of nitrogens with two attached hydrogens (primary N) is 1. The van der Waals surface area contributed by atoms with Crippen molar-refractivity contribution in [1.29, 1.82) is 0 Å². The molecule has 0 unspecified atom stereocenters. The van der Waals surface area contributed by atoms with Crippen molar-refractivity contribution in [2.24, 2.45) is 0 Å². The summed E-state index contributed by atoms with van der Waals surface area (Å²) >= 11 is 11.7. The average molecular weight is 265 g/mol. The molecule has 0 aliphatic heterocycles. The van der Waals surface area contributed by atoms with Crippen LogP contribution in [0, 0.1) is 0 Å². The van der Waals surface area contributed by atoms with Crippen LogP contribution in [0.15, 0.2) is 24.3 Å². The Kier molecular flexibility index (Phi) is 3.85. The number of rotatable bonds is 1. The van der Waals surface area contributed by atoms with Gasteiger partial charge in [-0.3, -0.25) is 5.10 Å². The number of nitrogen functional groups attached to an aromatic ring is 1. The summed E-state index contributed by atoms with van der Waals surface area (Å²) in [4.78, 5) is 0. The molecule has 1 heterocycles. The molecule has 15 heavy (non-hydrogen) atoms. The van der Waals surface area contributed by atoms with Crippen LogP contribution >= 0.6 is 35.6 Å². The largest absolute Gasteiger partial charge is 0.382 e. The van der Waals surface area contributed by atoms with Crippen LogP contribution in [0.3, 0.4) is 0 Å². The highest BCUT2D eigenvalue weighted by Gasteiger charge is 2.04. The molecular formula is C9H8Cl3N3. The first-order valence-corrected chi connectivity index (χ1v) is 4.69. The van der Waals surface area contributed by atoms with Gasteiger partial charge < -0.3 is 5.73 Å². The lowest BCUT2D eigenvalue weighted by molar-refractivity contribution is 1.10. The minimum absolute atomic E-state index is 0. The lowest BCUT2D eigenvalue weighted by Crippen LogP contribution is -1.81. The van der Waals surface area contributed by atoms with E-state index in [4.69, 9.17) is 28.9 Å². The fraction of sp³-hybridized carbons (Fsp3) is 0. The van der Waals surface area contributed by atoms with Crippen molar-refractivity contribution < 1.29 is 0 Å². The number of anilines is 1. The number of H-pyrrole nitrogens is 1. The molecule has 2 aromatic rings. The summed E-state index contributed by atoms with van der Waals surface area (Å²) in [7, 11) is 0. The maximum Gasteiger partial charge on any atom is 0.145 e. The first-order chi connectivity index (χ1) is 6.66. The molecule has 0 fully saturated rings. The molecule has 1 aromatic heterocycles. The van der Waals surface area contributed by atoms with E-state index in [-0.39, 0.29) is 12.4 Å². The molecule has 6 heteroatoms. The van der Waals surface area contributed by atoms with Gasteiger partial charge in [0.1, 0.15) is 5.82 Å². The second-order valence-electron chi connectivity index (χ2n) is 2.84. The SMILES string of the molecule is Cl.Nc1cc(-c2ccc(Cl)c(Cl)c2)[nH]n1. The highest BCUT2D eigenvalue weighted by molar-refractivity contribution is 6.42. The third kappa shape index (κ3) is 2.56. The van der Waals surface area contributed by atoms with Crippen LogP contribution in [0.4, 0.5) is 5.82 Å². The molecule has 0 bridgehead atoms. The van der Waals surface area contributed by atoms with Gasteiger partial charge >= 0.3 is 0 Å². The number of nitrogens with zero attached hydrogens (tertiary/aromatic N) is 1. The Morgan fingerprint density at radius 1 is 1.13 bits per heavy atom. The zero-order chi connectivity index (χ0) is 10.1. The fourth-order valence-corrected chi connectivity index (χ4v) is 1.45. The quantitative estimate of drug-likeness (QED) is 0.829. The van der Waals surface area contributed by atoms with Gasteiger partial charge in [0, 0.05) is 11.6 Å². The van der Waals surface area contributed by atoms with Crippen molar-refractivity contribution in [2.45, 2.75) is 0 Å². The van der Waals surface area contributed by atoms with Gasteiger partial charge in [0.05, 0.1) is 15.7 Å². The summed E-state index contributed by atoms with van der Waals surface area (Å²) in [5, 5.41) is 7.66. The standard InChI is InChI=1S/C9H7Cl2N3.ClH/c10-6-2-1-5(3-7(6)11)8-4-9(12)14-13-8;/h1-4H,(H3,12,13,14);1H. The minimum atomic E-state index is 0. The van der Waals surface area contributed by atoms with Crippen molar-refractivity contribution >= 4 is 41.4 Å². The molecule has 2 rings (SSSR count). The van der Waals surface area contributed by atoms with Crippen LogP contribution < -0.4 is 5.73 Å². The lowest BCUT2D eigenvalue weighted by atomic mass is 10.1. The van der Waals surface area contributed by atoms with Crippen molar-refractivity contribution in [3.8, 4) is 11.3 Å². The third-order valence-electron chi connectivity index (χ3n) is 1.83. The Bertz CT molecular complexity index is 467. The third-order valence-corrected chi connectivity index (χ3v) is 2.57. The molecule has 0 amide bonds. The summed E-state index contributed by atoms with van der Waals surface area (Å²) in [6.45, 7) is 0. The van der Waals surface area contributed by atoms with Crippen molar-refractivity contribution in [2.75, 3.05) is 5.73 Å². The Morgan fingerprint density at radius 3 is 2.40 bits per heavy atom. The lowest BCUT2D eigenvalue weighted by Gasteiger charge is -1.99. The molecular weight excluding hydrogens is 256 g/mol. The predicted octanol–water partition coefficient (Wildman–Crippen LogP) is 3.39. The molecule has 3 nitrogen and oxygen atoms in total. The number of aromatic amines is 1. The van der Waals surface area contributed by atoms with E-state index in [1.165, 1.54) is 0 Å². The van der Waals surface area contributed by atoms with Crippen LogP contribution in [0.2, 0.25) is 10.0 Å².